The van der Waals surface area contributed by atoms with Gasteiger partial charge in [-0.25, -0.2) is 22.0 Å². The molecule has 0 aliphatic rings. The maximum Gasteiger partial charge on any atom is 0.200 e. The molecule has 29 heavy (non-hydrogen) atoms. The second-order valence-electron chi connectivity index (χ2n) is 5.96. The lowest BCUT2D eigenvalue weighted by Crippen LogP contribution is -2.28. The summed E-state index contributed by atoms with van der Waals surface area (Å²) in [6, 6.07) is 1.44. The van der Waals surface area contributed by atoms with Crippen molar-refractivity contribution in [2.24, 2.45) is 0 Å². The normalized spacial score (nSPS) is 11.0. The van der Waals surface area contributed by atoms with Crippen molar-refractivity contribution in [1.29, 1.82) is 0 Å². The molecule has 1 aromatic carbocycles. The fourth-order valence-corrected chi connectivity index (χ4v) is 2.66. The molecular weight excluding hydrogens is 415 g/mol. The maximum atomic E-state index is 13.8. The molecule has 0 bridgehead atoms. The van der Waals surface area contributed by atoms with E-state index in [4.69, 9.17) is 12.2 Å². The Labute approximate surface area is 167 Å². The van der Waals surface area contributed by atoms with E-state index in [2.05, 4.69) is 20.8 Å². The summed E-state index contributed by atoms with van der Waals surface area (Å²) in [5.74, 6) is -9.75. The summed E-state index contributed by atoms with van der Waals surface area (Å²) >= 11 is 5.14. The van der Waals surface area contributed by atoms with Crippen LogP contribution >= 0.6 is 12.2 Å². The molecule has 0 atom stereocenters. The van der Waals surface area contributed by atoms with Gasteiger partial charge >= 0.3 is 0 Å². The molecule has 0 saturated carbocycles. The smallest absolute Gasteiger partial charge is 0.200 e. The first-order valence-corrected chi connectivity index (χ1v) is 8.81. The van der Waals surface area contributed by atoms with Crippen LogP contribution in [-0.2, 0) is 19.6 Å². The van der Waals surface area contributed by atoms with Crippen molar-refractivity contribution in [3.8, 4) is 0 Å². The minimum atomic E-state index is -2.20. The summed E-state index contributed by atoms with van der Waals surface area (Å²) in [5, 5.41) is 14.0. The van der Waals surface area contributed by atoms with Gasteiger partial charge in [0.25, 0.3) is 0 Å². The molecule has 2 N–H and O–H groups in total. The highest BCUT2D eigenvalue weighted by atomic mass is 32.1. The molecule has 0 fully saturated rings. The number of anilines is 1. The second-order valence-corrected chi connectivity index (χ2v) is 6.37. The SMILES string of the molecule is CCn1cc(CNC(=S)Nc2ccn(Cc3c(F)c(F)c(F)c(F)c3F)n2)cn1. The summed E-state index contributed by atoms with van der Waals surface area (Å²) in [4.78, 5) is 0. The van der Waals surface area contributed by atoms with Gasteiger partial charge in [-0.1, -0.05) is 0 Å². The van der Waals surface area contributed by atoms with E-state index >= 15 is 0 Å². The molecule has 0 aliphatic carbocycles. The molecule has 0 spiro atoms. The standard InChI is InChI=1S/C17H15F5N6S/c1-2-27-7-9(6-24-27)5-23-17(29)25-11-3-4-28(26-11)8-10-12(18)14(20)16(22)15(21)13(10)19/h3-4,6-7H,2,5,8H2,1H3,(H2,23,25,26,29). The van der Waals surface area contributed by atoms with E-state index in [0.717, 1.165) is 16.8 Å². The molecular formula is C17H15F5N6S. The van der Waals surface area contributed by atoms with Crippen LogP contribution in [0.15, 0.2) is 24.7 Å². The monoisotopic (exact) mass is 430 g/mol. The first-order valence-electron chi connectivity index (χ1n) is 8.40. The molecule has 154 valence electrons. The van der Waals surface area contributed by atoms with Gasteiger partial charge in [0, 0.05) is 37.1 Å². The van der Waals surface area contributed by atoms with Crippen LogP contribution in [0.3, 0.4) is 0 Å². The highest BCUT2D eigenvalue weighted by Gasteiger charge is 2.25. The van der Waals surface area contributed by atoms with E-state index in [1.165, 1.54) is 12.3 Å². The number of hydrogen-bond donors (Lipinski definition) is 2. The van der Waals surface area contributed by atoms with Crippen molar-refractivity contribution in [3.63, 3.8) is 0 Å². The Morgan fingerprint density at radius 2 is 1.69 bits per heavy atom. The van der Waals surface area contributed by atoms with Gasteiger partial charge in [-0.2, -0.15) is 10.2 Å². The van der Waals surface area contributed by atoms with Gasteiger partial charge in [0.2, 0.25) is 5.82 Å². The Morgan fingerprint density at radius 1 is 1.03 bits per heavy atom. The first-order chi connectivity index (χ1) is 13.8. The van der Waals surface area contributed by atoms with E-state index in [1.54, 1.807) is 10.9 Å². The lowest BCUT2D eigenvalue weighted by Gasteiger charge is -2.09. The summed E-state index contributed by atoms with van der Waals surface area (Å²) in [7, 11) is 0. The highest BCUT2D eigenvalue weighted by Crippen LogP contribution is 2.23. The van der Waals surface area contributed by atoms with E-state index in [1.807, 2.05) is 13.1 Å². The molecule has 6 nitrogen and oxygen atoms in total. The van der Waals surface area contributed by atoms with Crippen molar-refractivity contribution in [3.05, 3.63) is 64.9 Å². The van der Waals surface area contributed by atoms with Crippen LogP contribution in [0, 0.1) is 29.1 Å². The molecule has 3 rings (SSSR count). The molecule has 3 aromatic rings. The van der Waals surface area contributed by atoms with Crippen LogP contribution in [0.25, 0.3) is 0 Å². The zero-order chi connectivity index (χ0) is 21.1. The predicted octanol–water partition coefficient (Wildman–Crippen LogP) is 3.33. The average Bonchev–Trinajstić information content (AvgIpc) is 3.35. The third-order valence-corrected chi connectivity index (χ3v) is 4.21. The molecule has 2 aromatic heterocycles. The molecule has 0 saturated heterocycles. The van der Waals surface area contributed by atoms with Crippen molar-refractivity contribution in [1.82, 2.24) is 24.9 Å². The van der Waals surface area contributed by atoms with Crippen LogP contribution in [-0.4, -0.2) is 24.7 Å². The van der Waals surface area contributed by atoms with Crippen LogP contribution < -0.4 is 10.6 Å². The third-order valence-electron chi connectivity index (χ3n) is 3.97. The van der Waals surface area contributed by atoms with Gasteiger partial charge in [0.1, 0.15) is 0 Å². The van der Waals surface area contributed by atoms with Gasteiger partial charge < -0.3 is 10.6 Å². The second kappa shape index (κ2) is 8.55. The topological polar surface area (TPSA) is 59.7 Å². The van der Waals surface area contributed by atoms with Gasteiger partial charge in [-0.05, 0) is 19.1 Å². The Morgan fingerprint density at radius 3 is 2.31 bits per heavy atom. The van der Waals surface area contributed by atoms with Crippen molar-refractivity contribution in [2.75, 3.05) is 5.32 Å². The van der Waals surface area contributed by atoms with Crippen LogP contribution in [0.1, 0.15) is 18.1 Å². The van der Waals surface area contributed by atoms with E-state index in [-0.39, 0.29) is 10.9 Å². The lowest BCUT2D eigenvalue weighted by atomic mass is 10.1. The van der Waals surface area contributed by atoms with Gasteiger partial charge in [0.15, 0.2) is 34.2 Å². The van der Waals surface area contributed by atoms with E-state index < -0.39 is 41.2 Å². The number of nitrogens with zero attached hydrogens (tertiary/aromatic N) is 4. The van der Waals surface area contributed by atoms with Crippen LogP contribution in [0.5, 0.6) is 0 Å². The van der Waals surface area contributed by atoms with E-state index in [9.17, 15) is 22.0 Å². The Kier molecular flexibility index (Phi) is 6.11. The minimum Gasteiger partial charge on any atom is -0.358 e. The van der Waals surface area contributed by atoms with Crippen molar-refractivity contribution < 1.29 is 22.0 Å². The minimum absolute atomic E-state index is 0.232. The number of halogens is 5. The molecule has 0 aliphatic heterocycles. The number of hydrogen-bond acceptors (Lipinski definition) is 3. The molecule has 0 radical (unpaired) electrons. The maximum absolute atomic E-state index is 13.8. The van der Waals surface area contributed by atoms with Gasteiger partial charge in [-0.3, -0.25) is 9.36 Å². The summed E-state index contributed by atoms with van der Waals surface area (Å²) < 4.78 is 70.0. The number of nitrogens with one attached hydrogen (secondary N) is 2. The number of benzene rings is 1. The average molecular weight is 430 g/mol. The van der Waals surface area contributed by atoms with Crippen LogP contribution in [0.4, 0.5) is 27.8 Å². The van der Waals surface area contributed by atoms with E-state index in [0.29, 0.717) is 6.54 Å². The Hall–Kier alpha value is -3.02. The first kappa shape index (κ1) is 20.7. The quantitative estimate of drug-likeness (QED) is 0.272. The fourth-order valence-electron chi connectivity index (χ4n) is 2.48. The van der Waals surface area contributed by atoms with Crippen molar-refractivity contribution in [2.45, 2.75) is 26.6 Å². The molecule has 12 heteroatoms. The highest BCUT2D eigenvalue weighted by molar-refractivity contribution is 7.80. The predicted molar refractivity (Wildman–Crippen MR) is 98.5 cm³/mol. The number of aromatic nitrogens is 4. The summed E-state index contributed by atoms with van der Waals surface area (Å²) in [6.07, 6.45) is 4.86. The zero-order valence-corrected chi connectivity index (χ0v) is 15.8. The largest absolute Gasteiger partial charge is 0.358 e. The number of rotatable bonds is 6. The fraction of sp³-hybridized carbons (Fsp3) is 0.235. The molecule has 0 unspecified atom stereocenters. The van der Waals surface area contributed by atoms with Crippen LogP contribution in [0.2, 0.25) is 0 Å². The van der Waals surface area contributed by atoms with Crippen molar-refractivity contribution >= 4 is 23.1 Å². The zero-order valence-electron chi connectivity index (χ0n) is 15.0. The lowest BCUT2D eigenvalue weighted by molar-refractivity contribution is 0.367. The van der Waals surface area contributed by atoms with Gasteiger partial charge in [0.05, 0.1) is 18.3 Å². The number of thiocarbonyl (C=S) groups is 1. The molecule has 0 amide bonds. The summed E-state index contributed by atoms with van der Waals surface area (Å²) in [6.45, 7) is 2.46. The summed E-state index contributed by atoms with van der Waals surface area (Å²) in [5.41, 5.74) is -0.0717. The molecule has 2 heterocycles. The Balaban J connectivity index is 1.63. The Bertz CT molecular complexity index is 1020. The third kappa shape index (κ3) is 4.53. The number of aryl methyl sites for hydroxylation is 1. The van der Waals surface area contributed by atoms with Gasteiger partial charge in [-0.15, -0.1) is 0 Å².